The first-order chi connectivity index (χ1) is 24.0. The maximum atomic E-state index is 2.64. The Morgan fingerprint density at radius 3 is 1.18 bits per heavy atom. The standard InChI is InChI=1S/C45H69N3S2/c1-9-49-45(50-10-2)43-31-27-41(28-32-43)25-23-39-19-21-40(22-20-39)24-26-42-29-33-44(34-30-42)46(35-15-11-13-17-37-47(3,4)5)36-16-12-14-18-38-48(6,7)8/h19-34,45H,9-18,35-38H2,1-8H3/q+2/b25-23+,26-24+. The molecule has 3 nitrogen and oxygen atoms in total. The van der Waals surface area contributed by atoms with E-state index in [-0.39, 0.29) is 0 Å². The molecule has 0 bridgehead atoms. The lowest BCUT2D eigenvalue weighted by molar-refractivity contribution is -0.870. The lowest BCUT2D eigenvalue weighted by Gasteiger charge is -2.26. The monoisotopic (exact) mass is 715 g/mol. The Bertz CT molecular complexity index is 1350. The van der Waals surface area contributed by atoms with Crippen LogP contribution in [0.15, 0.2) is 72.8 Å². The van der Waals surface area contributed by atoms with Gasteiger partial charge in [-0.1, -0.05) is 112 Å². The number of benzene rings is 3. The smallest absolute Gasteiger partial charge is 0.0780 e. The zero-order valence-electron chi connectivity index (χ0n) is 32.9. The molecule has 0 fully saturated rings. The largest absolute Gasteiger partial charge is 0.372 e. The summed E-state index contributed by atoms with van der Waals surface area (Å²) >= 11 is 4.04. The van der Waals surface area contributed by atoms with E-state index in [0.717, 1.165) is 33.6 Å². The summed E-state index contributed by atoms with van der Waals surface area (Å²) in [7, 11) is 13.8. The molecule has 0 saturated heterocycles. The molecule has 0 heterocycles. The Kier molecular flexibility index (Phi) is 18.9. The zero-order valence-corrected chi connectivity index (χ0v) is 34.5. The van der Waals surface area contributed by atoms with Gasteiger partial charge in [0.05, 0.1) is 60.0 Å². The van der Waals surface area contributed by atoms with Crippen molar-refractivity contribution in [1.29, 1.82) is 0 Å². The molecule has 5 heteroatoms. The van der Waals surface area contributed by atoms with Gasteiger partial charge in [-0.2, -0.15) is 0 Å². The van der Waals surface area contributed by atoms with Gasteiger partial charge in [-0.25, -0.2) is 0 Å². The summed E-state index contributed by atoms with van der Waals surface area (Å²) in [6, 6.07) is 27.2. The molecular formula is C45H69N3S2+2. The van der Waals surface area contributed by atoms with E-state index in [9.17, 15) is 0 Å². The number of hydrogen-bond acceptors (Lipinski definition) is 3. The Morgan fingerprint density at radius 1 is 0.480 bits per heavy atom. The maximum Gasteiger partial charge on any atom is 0.0780 e. The molecule has 50 heavy (non-hydrogen) atoms. The molecule has 3 aromatic carbocycles. The summed E-state index contributed by atoms with van der Waals surface area (Å²) in [5.41, 5.74) is 7.72. The number of nitrogens with zero attached hydrogens (tertiary/aromatic N) is 3. The van der Waals surface area contributed by atoms with E-state index in [1.807, 2.05) is 23.5 Å². The summed E-state index contributed by atoms with van der Waals surface area (Å²) in [5.74, 6) is 2.29. The lowest BCUT2D eigenvalue weighted by Crippen LogP contribution is -2.35. The predicted molar refractivity (Wildman–Crippen MR) is 231 cm³/mol. The molecular weight excluding hydrogens is 647 g/mol. The fraction of sp³-hybridized carbons (Fsp3) is 0.511. The molecule has 0 unspecified atom stereocenters. The van der Waals surface area contributed by atoms with Gasteiger partial charge in [0.25, 0.3) is 0 Å². The van der Waals surface area contributed by atoms with Gasteiger partial charge in [-0.15, -0.1) is 23.5 Å². The van der Waals surface area contributed by atoms with Crippen molar-refractivity contribution in [1.82, 2.24) is 0 Å². The van der Waals surface area contributed by atoms with Gasteiger partial charge in [0.2, 0.25) is 0 Å². The number of unbranched alkanes of at least 4 members (excludes halogenated alkanes) is 6. The number of rotatable bonds is 24. The molecule has 0 atom stereocenters. The van der Waals surface area contributed by atoms with Crippen LogP contribution in [0.1, 0.15) is 97.6 Å². The molecule has 0 saturated carbocycles. The van der Waals surface area contributed by atoms with Crippen LogP contribution in [-0.4, -0.2) is 88.9 Å². The van der Waals surface area contributed by atoms with E-state index in [2.05, 4.69) is 158 Å². The predicted octanol–water partition coefficient (Wildman–Crippen LogP) is 11.9. The minimum absolute atomic E-state index is 0.529. The molecule has 3 rings (SSSR count). The first-order valence-electron chi connectivity index (χ1n) is 19.2. The second kappa shape index (κ2) is 22.5. The van der Waals surface area contributed by atoms with Crippen molar-refractivity contribution in [3.63, 3.8) is 0 Å². The van der Waals surface area contributed by atoms with Crippen molar-refractivity contribution < 1.29 is 8.97 Å². The maximum absolute atomic E-state index is 2.64. The van der Waals surface area contributed by atoms with Gasteiger partial charge in [-0.05, 0) is 90.0 Å². The summed E-state index contributed by atoms with van der Waals surface area (Å²) in [6.45, 7) is 9.32. The molecule has 0 spiro atoms. The van der Waals surface area contributed by atoms with E-state index in [1.54, 1.807) is 0 Å². The van der Waals surface area contributed by atoms with Crippen LogP contribution in [-0.2, 0) is 0 Å². The molecule has 0 amide bonds. The summed E-state index contributed by atoms with van der Waals surface area (Å²) in [6.07, 6.45) is 19.4. The number of quaternary nitrogens is 2. The van der Waals surface area contributed by atoms with Crippen molar-refractivity contribution in [2.45, 2.75) is 69.8 Å². The molecule has 274 valence electrons. The van der Waals surface area contributed by atoms with Crippen LogP contribution in [0.2, 0.25) is 0 Å². The number of thioether (sulfide) groups is 2. The Labute approximate surface area is 316 Å². The van der Waals surface area contributed by atoms with Crippen molar-refractivity contribution in [3.8, 4) is 0 Å². The van der Waals surface area contributed by atoms with Crippen LogP contribution in [0, 0.1) is 0 Å². The van der Waals surface area contributed by atoms with Gasteiger partial charge >= 0.3 is 0 Å². The normalized spacial score (nSPS) is 12.5. The van der Waals surface area contributed by atoms with E-state index >= 15 is 0 Å². The molecule has 0 radical (unpaired) electrons. The minimum atomic E-state index is 0.529. The van der Waals surface area contributed by atoms with Crippen LogP contribution in [0.3, 0.4) is 0 Å². The minimum Gasteiger partial charge on any atom is -0.372 e. The van der Waals surface area contributed by atoms with E-state index in [1.165, 1.54) is 98.0 Å². The van der Waals surface area contributed by atoms with Crippen LogP contribution < -0.4 is 4.90 Å². The zero-order chi connectivity index (χ0) is 36.2. The average Bonchev–Trinajstić information content (AvgIpc) is 3.08. The van der Waals surface area contributed by atoms with Crippen LogP contribution >= 0.6 is 23.5 Å². The fourth-order valence-electron chi connectivity index (χ4n) is 6.06. The Morgan fingerprint density at radius 2 is 0.820 bits per heavy atom. The van der Waals surface area contributed by atoms with Gasteiger partial charge in [0.15, 0.2) is 0 Å². The SMILES string of the molecule is CCSC(SCC)c1ccc(/C=C/c2ccc(/C=C/c3ccc(N(CCCCCC[N+](C)(C)C)CCCCCC[N+](C)(C)C)cc3)cc2)cc1. The highest BCUT2D eigenvalue weighted by atomic mass is 32.2. The molecule has 0 aromatic heterocycles. The number of hydrogen-bond donors (Lipinski definition) is 0. The third kappa shape index (κ3) is 17.7. The highest BCUT2D eigenvalue weighted by molar-refractivity contribution is 8.16. The van der Waals surface area contributed by atoms with E-state index in [4.69, 9.17) is 0 Å². The molecule has 0 aliphatic carbocycles. The average molecular weight is 716 g/mol. The Hall–Kier alpha value is -2.44. The Balaban J connectivity index is 1.54. The quantitative estimate of drug-likeness (QED) is 0.0393. The first-order valence-corrected chi connectivity index (χ1v) is 21.3. The highest BCUT2D eigenvalue weighted by Gasteiger charge is 2.11. The lowest BCUT2D eigenvalue weighted by atomic mass is 10.1. The van der Waals surface area contributed by atoms with Gasteiger partial charge in [0.1, 0.15) is 0 Å². The first kappa shape index (κ1) is 42.0. The third-order valence-corrected chi connectivity index (χ3v) is 11.6. The molecule has 0 aliphatic rings. The van der Waals surface area contributed by atoms with Crippen LogP contribution in [0.4, 0.5) is 5.69 Å². The van der Waals surface area contributed by atoms with Crippen molar-refractivity contribution >= 4 is 53.5 Å². The van der Waals surface area contributed by atoms with Gasteiger partial charge < -0.3 is 13.9 Å². The van der Waals surface area contributed by atoms with Crippen molar-refractivity contribution in [2.75, 3.05) is 84.9 Å². The molecule has 3 aromatic rings. The second-order valence-electron chi connectivity index (χ2n) is 15.7. The topological polar surface area (TPSA) is 3.24 Å². The highest BCUT2D eigenvalue weighted by Crippen LogP contribution is 2.39. The van der Waals surface area contributed by atoms with Crippen molar-refractivity contribution in [2.24, 2.45) is 0 Å². The fourth-order valence-corrected chi connectivity index (χ4v) is 8.57. The number of anilines is 1. The van der Waals surface area contributed by atoms with E-state index in [0.29, 0.717) is 4.58 Å². The summed E-state index contributed by atoms with van der Waals surface area (Å²) < 4.78 is 2.66. The van der Waals surface area contributed by atoms with Crippen LogP contribution in [0.25, 0.3) is 24.3 Å². The van der Waals surface area contributed by atoms with Crippen molar-refractivity contribution in [3.05, 3.63) is 101 Å². The summed E-state index contributed by atoms with van der Waals surface area (Å²) in [5, 5.41) is 0. The second-order valence-corrected chi connectivity index (χ2v) is 18.7. The molecule has 0 N–H and O–H groups in total. The van der Waals surface area contributed by atoms with Gasteiger partial charge in [-0.3, -0.25) is 0 Å². The summed E-state index contributed by atoms with van der Waals surface area (Å²) in [4.78, 5) is 2.64. The third-order valence-electron chi connectivity index (χ3n) is 8.99. The van der Waals surface area contributed by atoms with Crippen LogP contribution in [0.5, 0.6) is 0 Å². The van der Waals surface area contributed by atoms with Gasteiger partial charge in [0, 0.05) is 18.8 Å². The van der Waals surface area contributed by atoms with E-state index < -0.39 is 0 Å². The molecule has 0 aliphatic heterocycles.